The van der Waals surface area contributed by atoms with Crippen molar-refractivity contribution in [3.8, 4) is 0 Å². The number of nitrogens with one attached hydrogen (secondary N) is 1. The number of aromatic nitrogens is 2. The molecule has 1 aromatic heterocycles. The van der Waals surface area contributed by atoms with Crippen molar-refractivity contribution in [1.29, 1.82) is 0 Å². The van der Waals surface area contributed by atoms with Crippen LogP contribution >= 0.6 is 0 Å². The lowest BCUT2D eigenvalue weighted by molar-refractivity contribution is 0.0657. The molecule has 1 rings (SSSR count). The summed E-state index contributed by atoms with van der Waals surface area (Å²) >= 11 is 0. The Hall–Kier alpha value is -0.950. The van der Waals surface area contributed by atoms with E-state index >= 15 is 0 Å². The summed E-state index contributed by atoms with van der Waals surface area (Å²) in [4.78, 5) is 4.27. The van der Waals surface area contributed by atoms with Crippen LogP contribution in [0.1, 0.15) is 12.2 Å². The summed E-state index contributed by atoms with van der Waals surface area (Å²) in [6.07, 6.45) is 5.37. The van der Waals surface area contributed by atoms with Crippen molar-refractivity contribution in [2.75, 3.05) is 26.9 Å². The van der Waals surface area contributed by atoms with Crippen LogP contribution in [0.25, 0.3) is 0 Å². The molecular weight excluding hydrogens is 220 g/mol. The van der Waals surface area contributed by atoms with Crippen LogP contribution in [0.2, 0.25) is 0 Å². The third-order valence-corrected chi connectivity index (χ3v) is 2.63. The first-order chi connectivity index (χ1) is 8.27. The number of methoxy groups -OCH3 is 1. The molecule has 6 heteroatoms. The number of nitrogens with two attached hydrogens (primary N) is 1. The van der Waals surface area contributed by atoms with Crippen LogP contribution in [-0.2, 0) is 22.9 Å². The minimum Gasteiger partial charge on any atom is -0.382 e. The molecule has 0 aliphatic carbocycles. The molecule has 0 radical (unpaired) electrons. The van der Waals surface area contributed by atoms with E-state index in [9.17, 15) is 0 Å². The summed E-state index contributed by atoms with van der Waals surface area (Å²) < 4.78 is 12.3. The van der Waals surface area contributed by atoms with E-state index in [1.165, 1.54) is 0 Å². The Morgan fingerprint density at radius 3 is 2.88 bits per heavy atom. The van der Waals surface area contributed by atoms with E-state index in [0.29, 0.717) is 19.8 Å². The number of imidazole rings is 1. The van der Waals surface area contributed by atoms with Gasteiger partial charge >= 0.3 is 0 Å². The van der Waals surface area contributed by atoms with Crippen LogP contribution < -0.4 is 11.3 Å². The van der Waals surface area contributed by atoms with Crippen molar-refractivity contribution in [1.82, 2.24) is 15.0 Å². The lowest BCUT2D eigenvalue weighted by atomic mass is 10.1. The predicted molar refractivity (Wildman–Crippen MR) is 65.3 cm³/mol. The number of ether oxygens (including phenoxy) is 2. The zero-order valence-corrected chi connectivity index (χ0v) is 10.6. The number of aryl methyl sites for hydroxylation is 1. The molecular formula is C11H22N4O2. The van der Waals surface area contributed by atoms with E-state index in [4.69, 9.17) is 15.3 Å². The predicted octanol–water partition coefficient (Wildman–Crippen LogP) is -0.152. The van der Waals surface area contributed by atoms with Crippen molar-refractivity contribution in [3.63, 3.8) is 0 Å². The maximum atomic E-state index is 5.51. The molecule has 3 N–H and O–H groups in total. The molecule has 17 heavy (non-hydrogen) atoms. The van der Waals surface area contributed by atoms with Crippen molar-refractivity contribution in [3.05, 3.63) is 18.2 Å². The Labute approximate surface area is 102 Å². The van der Waals surface area contributed by atoms with Gasteiger partial charge in [0.25, 0.3) is 0 Å². The van der Waals surface area contributed by atoms with Crippen LogP contribution in [0, 0.1) is 0 Å². The zero-order chi connectivity index (χ0) is 12.5. The third kappa shape index (κ3) is 5.27. The molecule has 0 spiro atoms. The maximum absolute atomic E-state index is 5.51. The molecule has 1 aromatic rings. The topological polar surface area (TPSA) is 74.3 Å². The molecule has 0 fully saturated rings. The SMILES string of the molecule is COCCOCCC(Cc1nccn1C)NN. The molecule has 0 aromatic carbocycles. The van der Waals surface area contributed by atoms with E-state index in [2.05, 4.69) is 10.4 Å². The van der Waals surface area contributed by atoms with E-state index in [-0.39, 0.29) is 6.04 Å². The van der Waals surface area contributed by atoms with E-state index in [0.717, 1.165) is 18.7 Å². The molecule has 6 nitrogen and oxygen atoms in total. The molecule has 0 saturated carbocycles. The van der Waals surface area contributed by atoms with Crippen molar-refractivity contribution in [2.45, 2.75) is 18.9 Å². The van der Waals surface area contributed by atoms with Gasteiger partial charge in [0.15, 0.2) is 0 Å². The normalized spacial score (nSPS) is 12.9. The largest absolute Gasteiger partial charge is 0.382 e. The van der Waals surface area contributed by atoms with Gasteiger partial charge in [-0.15, -0.1) is 0 Å². The van der Waals surface area contributed by atoms with Crippen molar-refractivity contribution >= 4 is 0 Å². The van der Waals surface area contributed by atoms with Gasteiger partial charge in [-0.05, 0) is 6.42 Å². The highest BCUT2D eigenvalue weighted by Gasteiger charge is 2.10. The van der Waals surface area contributed by atoms with E-state index in [1.807, 2.05) is 17.8 Å². The summed E-state index contributed by atoms with van der Waals surface area (Å²) in [5, 5.41) is 0. The minimum atomic E-state index is 0.179. The van der Waals surface area contributed by atoms with Crippen LogP contribution in [0.4, 0.5) is 0 Å². The molecule has 1 heterocycles. The Kier molecular flexibility index (Phi) is 6.80. The maximum Gasteiger partial charge on any atom is 0.109 e. The zero-order valence-electron chi connectivity index (χ0n) is 10.6. The Balaban J connectivity index is 2.22. The summed E-state index contributed by atoms with van der Waals surface area (Å²) in [7, 11) is 3.64. The summed E-state index contributed by atoms with van der Waals surface area (Å²) in [5.74, 6) is 6.53. The standard InChI is InChI=1S/C11H22N4O2/c1-15-5-4-13-11(15)9-10(14-12)3-6-17-8-7-16-2/h4-5,10,14H,3,6-9,12H2,1-2H3. The van der Waals surface area contributed by atoms with Gasteiger partial charge in [-0.25, -0.2) is 4.98 Å². The van der Waals surface area contributed by atoms with Gasteiger partial charge in [-0.2, -0.15) is 0 Å². The lowest BCUT2D eigenvalue weighted by Gasteiger charge is -2.15. The van der Waals surface area contributed by atoms with E-state index in [1.54, 1.807) is 13.3 Å². The van der Waals surface area contributed by atoms with Gasteiger partial charge in [-0.3, -0.25) is 11.3 Å². The fourth-order valence-electron chi connectivity index (χ4n) is 1.53. The van der Waals surface area contributed by atoms with Gasteiger partial charge in [0.05, 0.1) is 13.2 Å². The van der Waals surface area contributed by atoms with Crippen molar-refractivity contribution in [2.24, 2.45) is 12.9 Å². The first kappa shape index (κ1) is 14.1. The van der Waals surface area contributed by atoms with Crippen LogP contribution in [0.15, 0.2) is 12.4 Å². The molecule has 0 aliphatic heterocycles. The van der Waals surface area contributed by atoms with Gasteiger partial charge < -0.3 is 14.0 Å². The first-order valence-corrected chi connectivity index (χ1v) is 5.77. The first-order valence-electron chi connectivity index (χ1n) is 5.77. The summed E-state index contributed by atoms with van der Waals surface area (Å²) in [6.45, 7) is 1.92. The Bertz CT molecular complexity index is 303. The second-order valence-corrected chi connectivity index (χ2v) is 3.92. The minimum absolute atomic E-state index is 0.179. The highest BCUT2D eigenvalue weighted by molar-refractivity contribution is 4.94. The van der Waals surface area contributed by atoms with Crippen LogP contribution in [-0.4, -0.2) is 42.5 Å². The highest BCUT2D eigenvalue weighted by Crippen LogP contribution is 2.02. The molecule has 0 aliphatic rings. The molecule has 98 valence electrons. The fourth-order valence-corrected chi connectivity index (χ4v) is 1.53. The van der Waals surface area contributed by atoms with Crippen LogP contribution in [0.5, 0.6) is 0 Å². The monoisotopic (exact) mass is 242 g/mol. The Morgan fingerprint density at radius 2 is 2.29 bits per heavy atom. The van der Waals surface area contributed by atoms with Crippen LogP contribution in [0.3, 0.4) is 0 Å². The molecule has 0 amide bonds. The Morgan fingerprint density at radius 1 is 1.47 bits per heavy atom. The third-order valence-electron chi connectivity index (χ3n) is 2.63. The number of hydrogen-bond donors (Lipinski definition) is 2. The average molecular weight is 242 g/mol. The number of hydrazine groups is 1. The molecule has 1 unspecified atom stereocenters. The molecule has 0 saturated heterocycles. The van der Waals surface area contributed by atoms with Gasteiger partial charge in [0.1, 0.15) is 5.82 Å². The van der Waals surface area contributed by atoms with Gasteiger partial charge in [0, 0.05) is 45.6 Å². The fraction of sp³-hybridized carbons (Fsp3) is 0.727. The van der Waals surface area contributed by atoms with E-state index < -0.39 is 0 Å². The summed E-state index contributed by atoms with van der Waals surface area (Å²) in [6, 6.07) is 0.179. The second-order valence-electron chi connectivity index (χ2n) is 3.92. The number of hydrogen-bond acceptors (Lipinski definition) is 5. The number of rotatable bonds is 9. The quantitative estimate of drug-likeness (QED) is 0.358. The second kappa shape index (κ2) is 8.19. The molecule has 1 atom stereocenters. The van der Waals surface area contributed by atoms with Gasteiger partial charge in [0.2, 0.25) is 0 Å². The number of nitrogens with zero attached hydrogens (tertiary/aromatic N) is 2. The smallest absolute Gasteiger partial charge is 0.109 e. The molecule has 0 bridgehead atoms. The highest BCUT2D eigenvalue weighted by atomic mass is 16.5. The lowest BCUT2D eigenvalue weighted by Crippen LogP contribution is -2.38. The summed E-state index contributed by atoms with van der Waals surface area (Å²) in [5.41, 5.74) is 2.79. The van der Waals surface area contributed by atoms with Crippen molar-refractivity contribution < 1.29 is 9.47 Å². The van der Waals surface area contributed by atoms with Gasteiger partial charge in [-0.1, -0.05) is 0 Å². The average Bonchev–Trinajstić information content (AvgIpc) is 2.73.